The van der Waals surface area contributed by atoms with Crippen LogP contribution in [0.4, 0.5) is 0 Å². The van der Waals surface area contributed by atoms with Crippen LogP contribution in [0, 0.1) is 35.6 Å². The summed E-state index contributed by atoms with van der Waals surface area (Å²) in [7, 11) is 0. The molecule has 7 heteroatoms. The molecule has 0 atom stereocenters. The summed E-state index contributed by atoms with van der Waals surface area (Å²) in [6.45, 7) is 0. The topological polar surface area (TPSA) is 150 Å². The van der Waals surface area contributed by atoms with Crippen LogP contribution < -0.4 is 0 Å². The molecule has 0 aromatic rings. The Morgan fingerprint density at radius 3 is 0.429 bits per heavy atom. The molecule has 0 aliphatic heterocycles. The van der Waals surface area contributed by atoms with Crippen molar-refractivity contribution in [2.75, 3.05) is 0 Å². The van der Waals surface area contributed by atoms with E-state index in [1.807, 2.05) is 0 Å². The number of hydrogen-bond acceptors (Lipinski definition) is 5. The molecule has 40 valence electrons. The molecule has 0 saturated heterocycles. The summed E-state index contributed by atoms with van der Waals surface area (Å²) in [6.07, 6.45) is 0. The average Bonchev–Trinajstić information content (AvgIpc) is 0. The Labute approximate surface area is 85.1 Å². The molecule has 7 heavy (non-hydrogen) atoms. The Morgan fingerprint density at radius 2 is 0.429 bits per heavy atom. The molecular formula is H5LaMgO5. The van der Waals surface area contributed by atoms with Gasteiger partial charge in [0.05, 0.1) is 0 Å². The summed E-state index contributed by atoms with van der Waals surface area (Å²) in [5.41, 5.74) is 0. The van der Waals surface area contributed by atoms with E-state index in [0.29, 0.717) is 0 Å². The van der Waals surface area contributed by atoms with Gasteiger partial charge in [-0.25, -0.2) is 0 Å². The first kappa shape index (κ1) is 170. The molecular weight excluding hydrogens is 243 g/mol. The quantitative estimate of drug-likeness (QED) is 0.490. The largest absolute Gasteiger partial charge is 3.00 e. The van der Waals surface area contributed by atoms with Gasteiger partial charge in [-0.15, -0.1) is 0 Å². The Bertz CT molecular complexity index is 8.04. The molecule has 0 bridgehead atoms. The van der Waals surface area contributed by atoms with Gasteiger partial charge in [0.25, 0.3) is 0 Å². The van der Waals surface area contributed by atoms with Crippen LogP contribution in [-0.4, -0.2) is 50.4 Å². The summed E-state index contributed by atoms with van der Waals surface area (Å²) in [5, 5.41) is 0. The van der Waals surface area contributed by atoms with E-state index in [0.717, 1.165) is 0 Å². The Kier molecular flexibility index (Phi) is 2780. The van der Waals surface area contributed by atoms with Crippen molar-refractivity contribution in [3.63, 3.8) is 0 Å². The molecule has 0 unspecified atom stereocenters. The van der Waals surface area contributed by atoms with E-state index >= 15 is 0 Å². The summed E-state index contributed by atoms with van der Waals surface area (Å²) in [4.78, 5) is 0. The van der Waals surface area contributed by atoms with E-state index < -0.39 is 0 Å². The molecule has 0 heterocycles. The SMILES string of the molecule is [La+3].[Mg+2].[OH-].[OH-].[OH-].[OH-].[OH-]. The average molecular weight is 248 g/mol. The van der Waals surface area contributed by atoms with Crippen molar-refractivity contribution in [3.05, 3.63) is 0 Å². The van der Waals surface area contributed by atoms with Gasteiger partial charge in [0.15, 0.2) is 0 Å². The predicted octanol–water partition coefficient (Wildman–Crippen LogP) is -1.26. The van der Waals surface area contributed by atoms with Crippen molar-refractivity contribution in [3.8, 4) is 0 Å². The summed E-state index contributed by atoms with van der Waals surface area (Å²) in [5.74, 6) is 0. The Morgan fingerprint density at radius 1 is 0.429 bits per heavy atom. The van der Waals surface area contributed by atoms with Crippen molar-refractivity contribution >= 4 is 23.1 Å². The van der Waals surface area contributed by atoms with E-state index in [1.54, 1.807) is 0 Å². The molecule has 0 aliphatic rings. The van der Waals surface area contributed by atoms with Gasteiger partial charge in [0.2, 0.25) is 0 Å². The molecule has 5 N–H and O–H groups in total. The fourth-order valence-corrected chi connectivity index (χ4v) is 0. The molecule has 0 radical (unpaired) electrons. The van der Waals surface area contributed by atoms with Crippen LogP contribution in [0.3, 0.4) is 0 Å². The van der Waals surface area contributed by atoms with E-state index in [1.165, 1.54) is 0 Å². The standard InChI is InChI=1S/La.Mg.5H2O/h;;5*1H2/q+3;+2;;;;;/p-5. The fourth-order valence-electron chi connectivity index (χ4n) is 0. The van der Waals surface area contributed by atoms with Crippen LogP contribution in [0.2, 0.25) is 0 Å². The number of rotatable bonds is 0. The molecule has 0 amide bonds. The van der Waals surface area contributed by atoms with Crippen molar-refractivity contribution in [2.24, 2.45) is 0 Å². The maximum Gasteiger partial charge on any atom is 3.00 e. The molecule has 5 nitrogen and oxygen atoms in total. The Hall–Kier alpha value is 1.76. The Balaban J connectivity index is 0. The molecule has 0 aliphatic carbocycles. The molecule has 0 spiro atoms. The van der Waals surface area contributed by atoms with Crippen LogP contribution in [0.5, 0.6) is 0 Å². The maximum absolute atomic E-state index is 0. The first-order chi connectivity index (χ1) is 0. The molecule has 0 fully saturated rings. The zero-order valence-electron chi connectivity index (χ0n) is 3.52. The van der Waals surface area contributed by atoms with Gasteiger partial charge in [0.1, 0.15) is 0 Å². The van der Waals surface area contributed by atoms with Crippen LogP contribution in [0.25, 0.3) is 0 Å². The third kappa shape index (κ3) is 83.1. The molecule has 0 saturated carbocycles. The first-order valence-electron chi connectivity index (χ1n) is 0. The van der Waals surface area contributed by atoms with Crippen molar-refractivity contribution in [2.45, 2.75) is 0 Å². The van der Waals surface area contributed by atoms with Crippen LogP contribution >= 0.6 is 0 Å². The van der Waals surface area contributed by atoms with Crippen molar-refractivity contribution in [1.82, 2.24) is 0 Å². The van der Waals surface area contributed by atoms with E-state index in [2.05, 4.69) is 0 Å². The van der Waals surface area contributed by atoms with Crippen LogP contribution in [0.1, 0.15) is 0 Å². The maximum atomic E-state index is 0. The van der Waals surface area contributed by atoms with E-state index in [-0.39, 0.29) is 86.0 Å². The normalized spacial score (nSPS) is 0. The zero-order valence-corrected chi connectivity index (χ0v) is 8.56. The van der Waals surface area contributed by atoms with Gasteiger partial charge < -0.3 is 27.4 Å². The smallest absolute Gasteiger partial charge is 0.870 e. The summed E-state index contributed by atoms with van der Waals surface area (Å²) >= 11 is 0. The third-order valence-corrected chi connectivity index (χ3v) is 0. The van der Waals surface area contributed by atoms with Crippen LogP contribution in [0.15, 0.2) is 0 Å². The minimum atomic E-state index is 0. The van der Waals surface area contributed by atoms with Gasteiger partial charge in [-0.1, -0.05) is 0 Å². The molecule has 0 rings (SSSR count). The third-order valence-electron chi connectivity index (χ3n) is 0. The molecule has 0 aromatic heterocycles. The second kappa shape index (κ2) is 114. The monoisotopic (exact) mass is 248 g/mol. The summed E-state index contributed by atoms with van der Waals surface area (Å²) < 4.78 is 0. The van der Waals surface area contributed by atoms with Gasteiger partial charge >= 0.3 is 58.7 Å². The molecule has 0 aromatic carbocycles. The predicted molar refractivity (Wildman–Crippen MR) is 15.4 cm³/mol. The van der Waals surface area contributed by atoms with Crippen LogP contribution in [-0.2, 0) is 0 Å². The number of hydrogen-bond donors (Lipinski definition) is 0. The minimum Gasteiger partial charge on any atom is -0.870 e. The second-order valence-electron chi connectivity index (χ2n) is 0. The second-order valence-corrected chi connectivity index (χ2v) is 0. The first-order valence-corrected chi connectivity index (χ1v) is 0. The van der Waals surface area contributed by atoms with E-state index in [9.17, 15) is 0 Å². The summed E-state index contributed by atoms with van der Waals surface area (Å²) in [6, 6.07) is 0. The van der Waals surface area contributed by atoms with Gasteiger partial charge in [-0.2, -0.15) is 0 Å². The van der Waals surface area contributed by atoms with Crippen molar-refractivity contribution < 1.29 is 63.0 Å². The minimum absolute atomic E-state index is 0. The zero-order chi connectivity index (χ0) is 0. The van der Waals surface area contributed by atoms with Crippen molar-refractivity contribution in [1.29, 1.82) is 0 Å². The van der Waals surface area contributed by atoms with Gasteiger partial charge in [-0.3, -0.25) is 0 Å². The van der Waals surface area contributed by atoms with Gasteiger partial charge in [0, 0.05) is 0 Å². The van der Waals surface area contributed by atoms with Gasteiger partial charge in [-0.05, 0) is 0 Å². The fraction of sp³-hybridized carbons (Fsp3) is 0. The van der Waals surface area contributed by atoms with E-state index in [4.69, 9.17) is 0 Å².